The summed E-state index contributed by atoms with van der Waals surface area (Å²) < 4.78 is 23.1. The fourth-order valence-electron chi connectivity index (χ4n) is 2.70. The maximum atomic E-state index is 11.9. The molecule has 0 radical (unpaired) electrons. The molecule has 2 rings (SSSR count). The zero-order valence-electron chi connectivity index (χ0n) is 12.9. The quantitative estimate of drug-likeness (QED) is 0.794. The van der Waals surface area contributed by atoms with Gasteiger partial charge in [0.2, 0.25) is 5.91 Å². The SMILES string of the molecule is CCN(CCC(=O)NCc1cccnc1)C1CCS(=O)(=O)C1. The molecule has 2 heterocycles. The molecule has 0 aliphatic carbocycles. The van der Waals surface area contributed by atoms with Gasteiger partial charge in [0.1, 0.15) is 0 Å². The fourth-order valence-corrected chi connectivity index (χ4v) is 4.46. The molecule has 0 spiro atoms. The smallest absolute Gasteiger partial charge is 0.221 e. The average Bonchev–Trinajstić information content (AvgIpc) is 2.87. The molecule has 7 heteroatoms. The van der Waals surface area contributed by atoms with E-state index < -0.39 is 9.84 Å². The first-order chi connectivity index (χ1) is 10.5. The number of carbonyl (C=O) groups is 1. The lowest BCUT2D eigenvalue weighted by atomic mass is 10.2. The zero-order chi connectivity index (χ0) is 16.0. The van der Waals surface area contributed by atoms with Gasteiger partial charge in [0.25, 0.3) is 0 Å². The predicted molar refractivity (Wildman–Crippen MR) is 85.0 cm³/mol. The lowest BCUT2D eigenvalue weighted by Crippen LogP contribution is -2.38. The van der Waals surface area contributed by atoms with Crippen molar-refractivity contribution in [3.8, 4) is 0 Å². The molecule has 1 fully saturated rings. The van der Waals surface area contributed by atoms with Crippen molar-refractivity contribution in [3.63, 3.8) is 0 Å². The van der Waals surface area contributed by atoms with Crippen LogP contribution in [0.4, 0.5) is 0 Å². The Morgan fingerprint density at radius 3 is 2.91 bits per heavy atom. The summed E-state index contributed by atoms with van der Waals surface area (Å²) in [7, 11) is -2.88. The summed E-state index contributed by atoms with van der Waals surface area (Å²) in [6, 6.07) is 3.80. The Balaban J connectivity index is 1.75. The van der Waals surface area contributed by atoms with Crippen LogP contribution in [0.25, 0.3) is 0 Å². The van der Waals surface area contributed by atoms with Crippen molar-refractivity contribution in [2.75, 3.05) is 24.6 Å². The molecule has 0 aromatic carbocycles. The molecule has 6 nitrogen and oxygen atoms in total. The minimum absolute atomic E-state index is 0.0249. The second-order valence-corrected chi connectivity index (χ2v) is 7.80. The Morgan fingerprint density at radius 2 is 2.32 bits per heavy atom. The second-order valence-electron chi connectivity index (χ2n) is 5.57. The molecule has 1 amide bonds. The first-order valence-corrected chi connectivity index (χ1v) is 9.42. The van der Waals surface area contributed by atoms with E-state index >= 15 is 0 Å². The first kappa shape index (κ1) is 16.9. The first-order valence-electron chi connectivity index (χ1n) is 7.60. The molecule has 0 saturated carbocycles. The highest BCUT2D eigenvalue weighted by Gasteiger charge is 2.31. The number of hydrogen-bond acceptors (Lipinski definition) is 5. The Labute approximate surface area is 131 Å². The van der Waals surface area contributed by atoms with Gasteiger partial charge in [-0.05, 0) is 24.6 Å². The van der Waals surface area contributed by atoms with Crippen molar-refractivity contribution in [2.24, 2.45) is 0 Å². The van der Waals surface area contributed by atoms with Gasteiger partial charge in [-0.15, -0.1) is 0 Å². The van der Waals surface area contributed by atoms with Crippen LogP contribution in [-0.2, 0) is 21.2 Å². The lowest BCUT2D eigenvalue weighted by Gasteiger charge is -2.26. The van der Waals surface area contributed by atoms with E-state index in [1.165, 1.54) is 0 Å². The number of rotatable bonds is 7. The van der Waals surface area contributed by atoms with Gasteiger partial charge in [0.15, 0.2) is 9.84 Å². The van der Waals surface area contributed by atoms with Crippen LogP contribution in [0, 0.1) is 0 Å². The molecule has 1 aromatic rings. The van der Waals surface area contributed by atoms with Gasteiger partial charge in [-0.1, -0.05) is 13.0 Å². The van der Waals surface area contributed by atoms with Gasteiger partial charge >= 0.3 is 0 Å². The van der Waals surface area contributed by atoms with Crippen molar-refractivity contribution in [2.45, 2.75) is 32.4 Å². The summed E-state index contributed by atoms with van der Waals surface area (Å²) in [6.45, 7) is 3.82. The molecule has 1 aromatic heterocycles. The Kier molecular flexibility index (Phi) is 5.90. The van der Waals surface area contributed by atoms with Crippen LogP contribution >= 0.6 is 0 Å². The van der Waals surface area contributed by atoms with Gasteiger partial charge in [0, 0.05) is 37.9 Å². The third-order valence-electron chi connectivity index (χ3n) is 3.97. The van der Waals surface area contributed by atoms with Crippen LogP contribution in [0.5, 0.6) is 0 Å². The Morgan fingerprint density at radius 1 is 1.50 bits per heavy atom. The fraction of sp³-hybridized carbons (Fsp3) is 0.600. The van der Waals surface area contributed by atoms with Crippen LogP contribution in [0.15, 0.2) is 24.5 Å². The van der Waals surface area contributed by atoms with Gasteiger partial charge < -0.3 is 5.32 Å². The normalized spacial score (nSPS) is 20.2. The number of aromatic nitrogens is 1. The topological polar surface area (TPSA) is 79.4 Å². The van der Waals surface area contributed by atoms with Crippen LogP contribution in [0.1, 0.15) is 25.3 Å². The van der Waals surface area contributed by atoms with E-state index in [0.29, 0.717) is 25.9 Å². The van der Waals surface area contributed by atoms with E-state index in [2.05, 4.69) is 15.2 Å². The van der Waals surface area contributed by atoms with Crippen LogP contribution in [0.2, 0.25) is 0 Å². The van der Waals surface area contributed by atoms with Crippen molar-refractivity contribution in [1.82, 2.24) is 15.2 Å². The van der Waals surface area contributed by atoms with Gasteiger partial charge in [-0.25, -0.2) is 8.42 Å². The largest absolute Gasteiger partial charge is 0.352 e. The highest BCUT2D eigenvalue weighted by atomic mass is 32.2. The van der Waals surface area contributed by atoms with E-state index in [4.69, 9.17) is 0 Å². The lowest BCUT2D eigenvalue weighted by molar-refractivity contribution is -0.121. The summed E-state index contributed by atoms with van der Waals surface area (Å²) >= 11 is 0. The van der Waals surface area contributed by atoms with E-state index in [9.17, 15) is 13.2 Å². The molecule has 0 bridgehead atoms. The van der Waals surface area contributed by atoms with Crippen molar-refractivity contribution >= 4 is 15.7 Å². The third-order valence-corrected chi connectivity index (χ3v) is 5.72. The highest BCUT2D eigenvalue weighted by Crippen LogP contribution is 2.17. The molecule has 1 N–H and O–H groups in total. The predicted octanol–water partition coefficient (Wildman–Crippen LogP) is 0.597. The van der Waals surface area contributed by atoms with E-state index in [0.717, 1.165) is 12.1 Å². The molecule has 122 valence electrons. The average molecular weight is 325 g/mol. The number of pyridine rings is 1. The summed E-state index contributed by atoms with van der Waals surface area (Å²) in [5, 5.41) is 2.86. The van der Waals surface area contributed by atoms with Crippen molar-refractivity contribution < 1.29 is 13.2 Å². The Bertz CT molecular complexity index is 589. The maximum absolute atomic E-state index is 11.9. The maximum Gasteiger partial charge on any atom is 0.221 e. The molecular weight excluding hydrogens is 302 g/mol. The van der Waals surface area contributed by atoms with Gasteiger partial charge in [0.05, 0.1) is 11.5 Å². The summed E-state index contributed by atoms with van der Waals surface area (Å²) in [5.74, 6) is 0.461. The van der Waals surface area contributed by atoms with Crippen molar-refractivity contribution in [3.05, 3.63) is 30.1 Å². The molecule has 1 aliphatic rings. The van der Waals surface area contributed by atoms with E-state index in [-0.39, 0.29) is 23.5 Å². The molecule has 1 unspecified atom stereocenters. The van der Waals surface area contributed by atoms with E-state index in [1.807, 2.05) is 19.1 Å². The van der Waals surface area contributed by atoms with Gasteiger partial charge in [-0.3, -0.25) is 14.7 Å². The number of sulfone groups is 1. The number of hydrogen-bond donors (Lipinski definition) is 1. The number of amides is 1. The summed E-state index contributed by atoms with van der Waals surface area (Å²) in [6.07, 6.45) is 4.47. The highest BCUT2D eigenvalue weighted by molar-refractivity contribution is 7.91. The third kappa shape index (κ3) is 5.06. The van der Waals surface area contributed by atoms with Crippen molar-refractivity contribution in [1.29, 1.82) is 0 Å². The monoisotopic (exact) mass is 325 g/mol. The number of carbonyl (C=O) groups excluding carboxylic acids is 1. The van der Waals surface area contributed by atoms with Crippen LogP contribution in [-0.4, -0.2) is 54.8 Å². The molecule has 1 atom stereocenters. The molecular formula is C15H23N3O3S. The minimum Gasteiger partial charge on any atom is -0.352 e. The number of nitrogens with one attached hydrogen (secondary N) is 1. The number of nitrogens with zero attached hydrogens (tertiary/aromatic N) is 2. The summed E-state index contributed by atoms with van der Waals surface area (Å²) in [5.41, 5.74) is 0.963. The van der Waals surface area contributed by atoms with Crippen LogP contribution in [0.3, 0.4) is 0 Å². The zero-order valence-corrected chi connectivity index (χ0v) is 13.7. The molecule has 1 saturated heterocycles. The standard InChI is InChI=1S/C15H23N3O3S/c1-2-18(14-6-9-22(20,21)12-14)8-5-15(19)17-11-13-4-3-7-16-10-13/h3-4,7,10,14H,2,5-6,8-9,11-12H2,1H3,(H,17,19). The van der Waals surface area contributed by atoms with E-state index in [1.54, 1.807) is 12.4 Å². The molecule has 1 aliphatic heterocycles. The van der Waals surface area contributed by atoms with Gasteiger partial charge in [-0.2, -0.15) is 0 Å². The minimum atomic E-state index is -2.88. The summed E-state index contributed by atoms with van der Waals surface area (Å²) in [4.78, 5) is 18.0. The second kappa shape index (κ2) is 7.69. The van der Waals surface area contributed by atoms with Crippen LogP contribution < -0.4 is 5.32 Å². The Hall–Kier alpha value is -1.47. The molecule has 22 heavy (non-hydrogen) atoms.